The largest absolute Gasteiger partial charge is 0.308 e. The molecule has 41 heavy (non-hydrogen) atoms. The van der Waals surface area contributed by atoms with Crippen LogP contribution in [0.25, 0.3) is 38.5 Å². The van der Waals surface area contributed by atoms with Gasteiger partial charge in [0.1, 0.15) is 0 Å². The van der Waals surface area contributed by atoms with Crippen LogP contribution < -0.4 is 5.43 Å². The van der Waals surface area contributed by atoms with E-state index in [4.69, 9.17) is 5.41 Å². The molecule has 2 heterocycles. The minimum Gasteiger partial charge on any atom is -0.308 e. The fourth-order valence-corrected chi connectivity index (χ4v) is 8.76. The average molecular weight is 566 g/mol. The van der Waals surface area contributed by atoms with E-state index in [1.165, 1.54) is 64.3 Å². The Kier molecular flexibility index (Phi) is 5.50. The molecule has 0 bridgehead atoms. The maximum absolute atomic E-state index is 8.16. The van der Waals surface area contributed by atoms with Gasteiger partial charge in [0.2, 0.25) is 0 Å². The number of hydrogen-bond donors (Lipinski definition) is 2. The van der Waals surface area contributed by atoms with Gasteiger partial charge in [-0.05, 0) is 58.1 Å². The minimum absolute atomic E-state index is 0.0929. The highest BCUT2D eigenvalue weighted by atomic mass is 32.2. The van der Waals surface area contributed by atoms with Crippen LogP contribution in [-0.2, 0) is 5.41 Å². The molecule has 0 fully saturated rings. The van der Waals surface area contributed by atoms with Crippen LogP contribution in [-0.4, -0.2) is 10.9 Å². The van der Waals surface area contributed by atoms with Crippen LogP contribution >= 0.6 is 23.5 Å². The van der Waals surface area contributed by atoms with Crippen molar-refractivity contribution >= 4 is 57.1 Å². The Morgan fingerprint density at radius 1 is 0.732 bits per heavy atom. The highest BCUT2D eigenvalue weighted by molar-refractivity contribution is 8.05. The fraction of sp³-hybridized carbons (Fsp3) is 0.0833. The Bertz CT molecular complexity index is 2070. The van der Waals surface area contributed by atoms with Crippen molar-refractivity contribution in [3.63, 3.8) is 0 Å². The number of allylic oxidation sites excluding steroid dienone is 1. The van der Waals surface area contributed by atoms with Crippen molar-refractivity contribution in [1.82, 2.24) is 4.68 Å². The van der Waals surface area contributed by atoms with E-state index in [1.807, 2.05) is 60.1 Å². The first-order valence-corrected chi connectivity index (χ1v) is 15.4. The summed E-state index contributed by atoms with van der Waals surface area (Å²) in [7, 11) is 0. The van der Waals surface area contributed by atoms with Crippen LogP contribution in [0.15, 0.2) is 129 Å². The van der Waals surface area contributed by atoms with Crippen molar-refractivity contribution in [3.8, 4) is 11.1 Å². The molecule has 6 aromatic rings. The average Bonchev–Trinajstić information content (AvgIpc) is 3.44. The Morgan fingerprint density at radius 3 is 2.27 bits per heavy atom. The predicted octanol–water partition coefficient (Wildman–Crippen LogP) is 9.95. The molecule has 198 valence electrons. The number of benzene rings is 5. The fourth-order valence-electron chi connectivity index (χ4n) is 6.38. The Labute approximate surface area is 247 Å². The molecule has 2 aliphatic rings. The van der Waals surface area contributed by atoms with Gasteiger partial charge in [0.05, 0.1) is 15.9 Å². The Hall–Kier alpha value is -4.19. The first kappa shape index (κ1) is 24.6. The smallest absolute Gasteiger partial charge is 0.0860 e. The second kappa shape index (κ2) is 9.16. The normalized spacial score (nSPS) is 14.8. The van der Waals surface area contributed by atoms with Crippen molar-refractivity contribution < 1.29 is 0 Å². The van der Waals surface area contributed by atoms with Gasteiger partial charge in [0, 0.05) is 48.9 Å². The summed E-state index contributed by atoms with van der Waals surface area (Å²) in [5.74, 6) is 0. The van der Waals surface area contributed by atoms with Crippen molar-refractivity contribution in [3.05, 3.63) is 126 Å². The Morgan fingerprint density at radius 2 is 1.46 bits per heavy atom. The monoisotopic (exact) mass is 565 g/mol. The molecular weight excluding hydrogens is 539 g/mol. The molecule has 1 aliphatic carbocycles. The topological polar surface area (TPSA) is 40.8 Å². The summed E-state index contributed by atoms with van der Waals surface area (Å²) in [6, 6.07) is 36.9. The molecule has 1 aliphatic heterocycles. The van der Waals surface area contributed by atoms with E-state index >= 15 is 0 Å². The highest BCUT2D eigenvalue weighted by Gasteiger charge is 2.36. The molecule has 0 radical (unpaired) electrons. The first-order valence-electron chi connectivity index (χ1n) is 13.8. The van der Waals surface area contributed by atoms with Gasteiger partial charge >= 0.3 is 0 Å². The van der Waals surface area contributed by atoms with Crippen LogP contribution in [0.1, 0.15) is 30.5 Å². The van der Waals surface area contributed by atoms with Gasteiger partial charge in [-0.3, -0.25) is 4.68 Å². The number of aromatic nitrogens is 1. The third-order valence-electron chi connectivity index (χ3n) is 8.44. The lowest BCUT2D eigenvalue weighted by atomic mass is 9.82. The predicted molar refractivity (Wildman–Crippen MR) is 174 cm³/mol. The molecule has 0 spiro atoms. The van der Waals surface area contributed by atoms with Gasteiger partial charge in [-0.2, -0.15) is 0 Å². The van der Waals surface area contributed by atoms with E-state index in [0.29, 0.717) is 0 Å². The van der Waals surface area contributed by atoms with Crippen LogP contribution in [0, 0.1) is 5.41 Å². The molecule has 0 amide bonds. The van der Waals surface area contributed by atoms with Crippen molar-refractivity contribution in [2.24, 2.45) is 0 Å². The zero-order valence-electron chi connectivity index (χ0n) is 22.7. The zero-order chi connectivity index (χ0) is 27.7. The number of nitrogens with zero attached hydrogens (tertiary/aromatic N) is 1. The minimum atomic E-state index is -0.0929. The summed E-state index contributed by atoms with van der Waals surface area (Å²) in [6.07, 6.45) is 3.38. The van der Waals surface area contributed by atoms with Gasteiger partial charge in [-0.1, -0.05) is 110 Å². The number of hydrogen-bond acceptors (Lipinski definition) is 4. The summed E-state index contributed by atoms with van der Waals surface area (Å²) >= 11 is 3.69. The highest BCUT2D eigenvalue weighted by Crippen LogP contribution is 2.54. The van der Waals surface area contributed by atoms with E-state index < -0.39 is 0 Å². The molecule has 0 unspecified atom stereocenters. The standard InChI is InChI=1S/C36H27N3S2/c1-36(2)28-13-7-6-12-24(28)26-18-27-25-16-17-33-35(41-32-15-9-8-14-31(32)40-33)34(25)39(30(27)19-29(26)36)38-21-23(20-37)22-10-4-3-5-11-22/h3-21,37-38H,1-2H3/b23-21+,37-20?. The number of fused-ring (bicyclic) bond motifs is 9. The van der Waals surface area contributed by atoms with Gasteiger partial charge in [0.15, 0.2) is 0 Å². The maximum Gasteiger partial charge on any atom is 0.0860 e. The van der Waals surface area contributed by atoms with E-state index in [9.17, 15) is 0 Å². The van der Waals surface area contributed by atoms with E-state index in [2.05, 4.69) is 96.7 Å². The number of nitrogens with one attached hydrogen (secondary N) is 2. The lowest BCUT2D eigenvalue weighted by molar-refractivity contribution is 0.661. The van der Waals surface area contributed by atoms with Gasteiger partial charge in [-0.15, -0.1) is 0 Å². The SMILES string of the molecule is CC1(C)c2ccccc2-c2cc3c4ccc5c(c4n(N/C=C(\C=N)c4ccccc4)c3cc21)Sc1ccccc1S5. The molecule has 5 heteroatoms. The molecule has 0 saturated carbocycles. The van der Waals surface area contributed by atoms with Crippen molar-refractivity contribution in [1.29, 1.82) is 5.41 Å². The third kappa shape index (κ3) is 3.66. The lowest BCUT2D eigenvalue weighted by Crippen LogP contribution is -2.15. The van der Waals surface area contributed by atoms with Gasteiger partial charge in [-0.25, -0.2) is 0 Å². The summed E-state index contributed by atoms with van der Waals surface area (Å²) < 4.78 is 2.25. The quantitative estimate of drug-likeness (QED) is 0.209. The van der Waals surface area contributed by atoms with E-state index in [0.717, 1.165) is 16.7 Å². The lowest BCUT2D eigenvalue weighted by Gasteiger charge is -2.22. The molecule has 2 N–H and O–H groups in total. The first-order chi connectivity index (χ1) is 20.0. The van der Waals surface area contributed by atoms with Crippen molar-refractivity contribution in [2.75, 3.05) is 5.43 Å². The molecule has 8 rings (SSSR count). The summed E-state index contributed by atoms with van der Waals surface area (Å²) in [6.45, 7) is 4.66. The molecule has 5 aromatic carbocycles. The van der Waals surface area contributed by atoms with Crippen molar-refractivity contribution in [2.45, 2.75) is 38.8 Å². The summed E-state index contributed by atoms with van der Waals surface area (Å²) in [5.41, 5.74) is 13.1. The molecule has 0 atom stereocenters. The third-order valence-corrected chi connectivity index (χ3v) is 11.0. The molecule has 0 saturated heterocycles. The van der Waals surface area contributed by atoms with E-state index in [-0.39, 0.29) is 5.41 Å². The summed E-state index contributed by atoms with van der Waals surface area (Å²) in [5, 5.41) is 10.6. The number of rotatable bonds is 4. The van der Waals surface area contributed by atoms with Gasteiger partial charge < -0.3 is 10.8 Å². The molecule has 1 aromatic heterocycles. The van der Waals surface area contributed by atoms with Crippen LogP contribution in [0.2, 0.25) is 0 Å². The molecule has 3 nitrogen and oxygen atoms in total. The molecular formula is C36H27N3S2. The van der Waals surface area contributed by atoms with Crippen LogP contribution in [0.5, 0.6) is 0 Å². The summed E-state index contributed by atoms with van der Waals surface area (Å²) in [4.78, 5) is 5.11. The second-order valence-electron chi connectivity index (χ2n) is 11.1. The van der Waals surface area contributed by atoms with Gasteiger partial charge in [0.25, 0.3) is 0 Å². The van der Waals surface area contributed by atoms with E-state index in [1.54, 1.807) is 0 Å². The second-order valence-corrected chi connectivity index (χ2v) is 13.2. The van der Waals surface area contributed by atoms with Crippen LogP contribution in [0.3, 0.4) is 0 Å². The Balaban J connectivity index is 1.41. The maximum atomic E-state index is 8.16. The zero-order valence-corrected chi connectivity index (χ0v) is 24.4. The van der Waals surface area contributed by atoms with Crippen LogP contribution in [0.4, 0.5) is 0 Å².